The van der Waals surface area contributed by atoms with E-state index in [0.29, 0.717) is 0 Å². The molecule has 0 bridgehead atoms. The molecule has 0 aromatic heterocycles. The second kappa shape index (κ2) is 9.06. The van der Waals surface area contributed by atoms with E-state index < -0.39 is 0 Å². The lowest BCUT2D eigenvalue weighted by atomic mass is 10.0. The van der Waals surface area contributed by atoms with Crippen molar-refractivity contribution in [1.82, 2.24) is 9.80 Å². The van der Waals surface area contributed by atoms with Crippen LogP contribution in [0, 0.1) is 0 Å². The Balaban J connectivity index is 1.32. The van der Waals surface area contributed by atoms with Crippen LogP contribution < -0.4 is 0 Å². The molecule has 1 amide bonds. The van der Waals surface area contributed by atoms with E-state index >= 15 is 0 Å². The molecule has 3 aromatic rings. The molecule has 0 unspecified atom stereocenters. The minimum absolute atomic E-state index is 0.136. The first-order chi connectivity index (χ1) is 14.2. The highest BCUT2D eigenvalue weighted by molar-refractivity contribution is 5.94. The largest absolute Gasteiger partial charge is 0.336 e. The standard InChI is InChI=1S/C26H28N2O/c1-2-21-8-10-22(11-9-21)20-27-16-18-28(19-17-27)26(29)25-14-12-24(13-15-25)23-6-4-3-5-7-23/h3-15H,2,16-20H2,1H3. The molecule has 1 saturated heterocycles. The predicted molar refractivity (Wildman–Crippen MR) is 119 cm³/mol. The van der Waals surface area contributed by atoms with Crippen molar-refractivity contribution in [2.75, 3.05) is 26.2 Å². The van der Waals surface area contributed by atoms with Crippen molar-refractivity contribution >= 4 is 5.91 Å². The van der Waals surface area contributed by atoms with E-state index in [1.54, 1.807) is 0 Å². The van der Waals surface area contributed by atoms with Crippen LogP contribution in [0.3, 0.4) is 0 Å². The van der Waals surface area contributed by atoms with Gasteiger partial charge in [-0.05, 0) is 40.8 Å². The quantitative estimate of drug-likeness (QED) is 0.626. The minimum atomic E-state index is 0.136. The Labute approximate surface area is 173 Å². The molecule has 0 radical (unpaired) electrons. The third-order valence-corrected chi connectivity index (χ3v) is 5.74. The molecule has 1 fully saturated rings. The van der Waals surface area contributed by atoms with Crippen molar-refractivity contribution in [2.45, 2.75) is 19.9 Å². The molecule has 4 rings (SSSR count). The van der Waals surface area contributed by atoms with Crippen LogP contribution in [-0.4, -0.2) is 41.9 Å². The maximum absolute atomic E-state index is 12.9. The highest BCUT2D eigenvalue weighted by Crippen LogP contribution is 2.20. The molecule has 29 heavy (non-hydrogen) atoms. The molecule has 0 saturated carbocycles. The summed E-state index contributed by atoms with van der Waals surface area (Å²) in [5.41, 5.74) is 5.81. The molecule has 0 aliphatic carbocycles. The maximum Gasteiger partial charge on any atom is 0.253 e. The number of hydrogen-bond acceptors (Lipinski definition) is 2. The topological polar surface area (TPSA) is 23.6 Å². The Bertz CT molecular complexity index is 925. The molecule has 3 aromatic carbocycles. The summed E-state index contributed by atoms with van der Waals surface area (Å²) in [7, 11) is 0. The zero-order chi connectivity index (χ0) is 20.1. The van der Waals surface area contributed by atoms with Gasteiger partial charge in [0.15, 0.2) is 0 Å². The number of hydrogen-bond donors (Lipinski definition) is 0. The van der Waals surface area contributed by atoms with Gasteiger partial charge in [0.05, 0.1) is 0 Å². The SMILES string of the molecule is CCc1ccc(CN2CCN(C(=O)c3ccc(-c4ccccc4)cc3)CC2)cc1. The Kier molecular flexibility index (Phi) is 6.06. The van der Waals surface area contributed by atoms with Gasteiger partial charge >= 0.3 is 0 Å². The number of benzene rings is 3. The van der Waals surface area contributed by atoms with E-state index in [2.05, 4.69) is 48.2 Å². The van der Waals surface area contributed by atoms with Gasteiger partial charge in [-0.2, -0.15) is 0 Å². The van der Waals surface area contributed by atoms with Gasteiger partial charge in [-0.15, -0.1) is 0 Å². The summed E-state index contributed by atoms with van der Waals surface area (Å²) >= 11 is 0. The van der Waals surface area contributed by atoms with E-state index in [-0.39, 0.29) is 5.91 Å². The summed E-state index contributed by atoms with van der Waals surface area (Å²) in [6.07, 6.45) is 1.08. The summed E-state index contributed by atoms with van der Waals surface area (Å²) < 4.78 is 0. The van der Waals surface area contributed by atoms with Crippen LogP contribution in [0.4, 0.5) is 0 Å². The van der Waals surface area contributed by atoms with Crippen LogP contribution in [0.5, 0.6) is 0 Å². The summed E-state index contributed by atoms with van der Waals surface area (Å²) in [6, 6.07) is 27.1. The number of piperazine rings is 1. The number of nitrogens with zero attached hydrogens (tertiary/aromatic N) is 2. The third-order valence-electron chi connectivity index (χ3n) is 5.74. The molecule has 1 aliphatic heterocycles. The smallest absolute Gasteiger partial charge is 0.253 e. The zero-order valence-corrected chi connectivity index (χ0v) is 17.1. The van der Waals surface area contributed by atoms with Gasteiger partial charge < -0.3 is 4.90 Å². The molecule has 3 heteroatoms. The third kappa shape index (κ3) is 4.75. The van der Waals surface area contributed by atoms with Crippen LogP contribution >= 0.6 is 0 Å². The van der Waals surface area contributed by atoms with Crippen molar-refractivity contribution in [1.29, 1.82) is 0 Å². The van der Waals surface area contributed by atoms with E-state index in [1.807, 2.05) is 47.4 Å². The number of carbonyl (C=O) groups excluding carboxylic acids is 1. The van der Waals surface area contributed by atoms with Crippen molar-refractivity contribution in [2.24, 2.45) is 0 Å². The molecule has 1 aliphatic rings. The lowest BCUT2D eigenvalue weighted by Crippen LogP contribution is -2.48. The summed E-state index contributed by atoms with van der Waals surface area (Å²) in [5.74, 6) is 0.136. The van der Waals surface area contributed by atoms with Gasteiger partial charge in [0.1, 0.15) is 0 Å². The molecular weight excluding hydrogens is 356 g/mol. The fourth-order valence-electron chi connectivity index (χ4n) is 3.87. The Morgan fingerprint density at radius 2 is 1.31 bits per heavy atom. The second-order valence-corrected chi connectivity index (χ2v) is 7.68. The molecule has 0 spiro atoms. The molecule has 0 N–H and O–H groups in total. The van der Waals surface area contributed by atoms with Crippen molar-refractivity contribution in [3.05, 3.63) is 95.6 Å². The molecular formula is C26H28N2O. The van der Waals surface area contributed by atoms with E-state index in [4.69, 9.17) is 0 Å². The minimum Gasteiger partial charge on any atom is -0.336 e. The predicted octanol–water partition coefficient (Wildman–Crippen LogP) is 4.87. The lowest BCUT2D eigenvalue weighted by Gasteiger charge is -2.34. The van der Waals surface area contributed by atoms with Gasteiger partial charge in [-0.25, -0.2) is 0 Å². The van der Waals surface area contributed by atoms with Crippen LogP contribution in [0.2, 0.25) is 0 Å². The highest BCUT2D eigenvalue weighted by Gasteiger charge is 2.22. The van der Waals surface area contributed by atoms with E-state index in [9.17, 15) is 4.79 Å². The van der Waals surface area contributed by atoms with Gasteiger partial charge in [-0.1, -0.05) is 73.7 Å². The maximum atomic E-state index is 12.9. The van der Waals surface area contributed by atoms with Gasteiger partial charge in [0, 0.05) is 38.3 Å². The molecule has 0 atom stereocenters. The normalized spacial score (nSPS) is 14.7. The number of aryl methyl sites for hydroxylation is 1. The van der Waals surface area contributed by atoms with Crippen LogP contribution in [-0.2, 0) is 13.0 Å². The first kappa shape index (κ1) is 19.4. The average Bonchev–Trinajstić information content (AvgIpc) is 2.80. The van der Waals surface area contributed by atoms with Crippen molar-refractivity contribution in [3.63, 3.8) is 0 Å². The summed E-state index contributed by atoms with van der Waals surface area (Å²) in [6.45, 7) is 6.55. The van der Waals surface area contributed by atoms with Crippen molar-refractivity contribution < 1.29 is 4.79 Å². The summed E-state index contributed by atoms with van der Waals surface area (Å²) in [4.78, 5) is 17.3. The first-order valence-electron chi connectivity index (χ1n) is 10.5. The molecule has 148 valence electrons. The first-order valence-corrected chi connectivity index (χ1v) is 10.5. The number of carbonyl (C=O) groups is 1. The number of rotatable bonds is 5. The van der Waals surface area contributed by atoms with Crippen LogP contribution in [0.1, 0.15) is 28.4 Å². The molecule has 3 nitrogen and oxygen atoms in total. The number of amides is 1. The fraction of sp³-hybridized carbons (Fsp3) is 0.269. The second-order valence-electron chi connectivity index (χ2n) is 7.68. The monoisotopic (exact) mass is 384 g/mol. The van der Waals surface area contributed by atoms with Gasteiger partial charge in [0.25, 0.3) is 5.91 Å². The Morgan fingerprint density at radius 3 is 1.93 bits per heavy atom. The van der Waals surface area contributed by atoms with Gasteiger partial charge in [-0.3, -0.25) is 9.69 Å². The highest BCUT2D eigenvalue weighted by atomic mass is 16.2. The van der Waals surface area contributed by atoms with Crippen LogP contribution in [0.15, 0.2) is 78.9 Å². The molecule has 1 heterocycles. The Hall–Kier alpha value is -2.91. The van der Waals surface area contributed by atoms with Gasteiger partial charge in [0.2, 0.25) is 0 Å². The zero-order valence-electron chi connectivity index (χ0n) is 17.1. The van der Waals surface area contributed by atoms with Crippen LogP contribution in [0.25, 0.3) is 11.1 Å². The van der Waals surface area contributed by atoms with E-state index in [0.717, 1.165) is 50.3 Å². The fourth-order valence-corrected chi connectivity index (χ4v) is 3.87. The lowest BCUT2D eigenvalue weighted by molar-refractivity contribution is 0.0628. The van der Waals surface area contributed by atoms with E-state index in [1.165, 1.54) is 16.7 Å². The average molecular weight is 385 g/mol. The summed E-state index contributed by atoms with van der Waals surface area (Å²) in [5, 5.41) is 0. The Morgan fingerprint density at radius 1 is 0.724 bits per heavy atom. The van der Waals surface area contributed by atoms with Crippen molar-refractivity contribution in [3.8, 4) is 11.1 Å².